The number of carbonyl (C=O) groups is 1. The van der Waals surface area contributed by atoms with E-state index in [1.54, 1.807) is 24.3 Å². The van der Waals surface area contributed by atoms with Crippen molar-refractivity contribution in [3.8, 4) is 0 Å². The molecule has 0 radical (unpaired) electrons. The minimum Gasteiger partial charge on any atom is -0.345 e. The summed E-state index contributed by atoms with van der Waals surface area (Å²) in [4.78, 5) is 13.3. The van der Waals surface area contributed by atoms with Gasteiger partial charge in [-0.3, -0.25) is 9.35 Å². The summed E-state index contributed by atoms with van der Waals surface area (Å²) in [6.07, 6.45) is 1.02. The van der Waals surface area contributed by atoms with Crippen LogP contribution in [-0.2, 0) is 17.7 Å². The van der Waals surface area contributed by atoms with Crippen LogP contribution in [0.4, 0.5) is 11.5 Å². The van der Waals surface area contributed by atoms with Gasteiger partial charge in [0, 0.05) is 6.42 Å². The molecule has 0 aliphatic carbocycles. The normalized spacial score (nSPS) is 12.6. The summed E-state index contributed by atoms with van der Waals surface area (Å²) in [5.41, 5.74) is 2.73. The highest BCUT2D eigenvalue weighted by Gasteiger charge is 2.28. The first-order chi connectivity index (χ1) is 16.6. The van der Waals surface area contributed by atoms with Crippen LogP contribution in [0.2, 0.25) is 0 Å². The molecule has 1 aromatic heterocycles. The fourth-order valence-electron chi connectivity index (χ4n) is 3.71. The smallest absolute Gasteiger partial charge is 0.268 e. The number of aromatic nitrogens is 2. The Labute approximate surface area is 200 Å². The van der Waals surface area contributed by atoms with E-state index in [9.17, 15) is 13.6 Å². The molecule has 0 saturated heterocycles. The molecule has 2 N–H and O–H groups in total. The molecule has 34 heavy (non-hydrogen) atoms. The third kappa shape index (κ3) is 5.22. The van der Waals surface area contributed by atoms with E-state index in [0.29, 0.717) is 18.5 Å². The van der Waals surface area contributed by atoms with Crippen molar-refractivity contribution in [2.24, 2.45) is 0 Å². The van der Waals surface area contributed by atoms with Crippen LogP contribution in [-0.4, -0.2) is 25.0 Å². The number of hydrogen-bond acceptors (Lipinski definition) is 5. The number of benzene rings is 3. The molecule has 2 atom stereocenters. The number of para-hydroxylation sites is 1. The summed E-state index contributed by atoms with van der Waals surface area (Å²) in [5.74, 6) is -0.303. The van der Waals surface area contributed by atoms with Crippen molar-refractivity contribution in [2.75, 3.05) is 4.31 Å². The van der Waals surface area contributed by atoms with Crippen LogP contribution in [0.5, 0.6) is 0 Å². The van der Waals surface area contributed by atoms with Crippen LogP contribution >= 0.6 is 0 Å². The van der Waals surface area contributed by atoms with Gasteiger partial charge < -0.3 is 5.32 Å². The Hall–Kier alpha value is -3.82. The lowest BCUT2D eigenvalue weighted by Crippen LogP contribution is -2.30. The molecular formula is C25H24N4O4S. The lowest BCUT2D eigenvalue weighted by Gasteiger charge is -2.22. The van der Waals surface area contributed by atoms with E-state index in [2.05, 4.69) is 15.6 Å². The van der Waals surface area contributed by atoms with Gasteiger partial charge >= 0.3 is 0 Å². The fourth-order valence-corrected chi connectivity index (χ4v) is 4.33. The minimum absolute atomic E-state index is 0.0695. The van der Waals surface area contributed by atoms with E-state index < -0.39 is 11.3 Å². The molecule has 4 aromatic rings. The molecule has 1 amide bonds. The molecule has 0 spiro atoms. The zero-order valence-corrected chi connectivity index (χ0v) is 19.3. The number of amides is 1. The van der Waals surface area contributed by atoms with Crippen molar-refractivity contribution in [3.63, 3.8) is 0 Å². The summed E-state index contributed by atoms with van der Waals surface area (Å²) in [6.45, 7) is 1.98. The molecule has 8 nitrogen and oxygen atoms in total. The molecule has 0 aliphatic rings. The monoisotopic (exact) mass is 476 g/mol. The third-order valence-electron chi connectivity index (χ3n) is 5.38. The molecule has 0 fully saturated rings. The van der Waals surface area contributed by atoms with Gasteiger partial charge in [-0.05, 0) is 34.8 Å². The van der Waals surface area contributed by atoms with E-state index in [4.69, 9.17) is 4.63 Å². The van der Waals surface area contributed by atoms with Gasteiger partial charge in [-0.15, -0.1) is 0 Å². The van der Waals surface area contributed by atoms with Gasteiger partial charge in [0.05, 0.1) is 17.3 Å². The summed E-state index contributed by atoms with van der Waals surface area (Å²) in [7, 11) is 0. The standard InChI is InChI=1S/C25H24N4O4S/c1-2-21(19-13-7-4-8-14-19)26-25(30)20-15-9-10-16-23(20)29(34(31)32)24-22(27-33-28-24)17-18-11-5-3-6-12-18/h3-16,21H,2,17H2,1H3,(H,26,30)(H,31,32). The first-order valence-corrected chi connectivity index (χ1v) is 11.9. The summed E-state index contributed by atoms with van der Waals surface area (Å²) < 4.78 is 28.6. The number of anilines is 2. The Bertz CT molecular complexity index is 1260. The van der Waals surface area contributed by atoms with Gasteiger partial charge in [-0.25, -0.2) is 13.1 Å². The Kier molecular flexibility index (Phi) is 7.46. The van der Waals surface area contributed by atoms with Crippen LogP contribution in [0, 0.1) is 0 Å². The lowest BCUT2D eigenvalue weighted by atomic mass is 10.0. The lowest BCUT2D eigenvalue weighted by molar-refractivity contribution is 0.0936. The highest BCUT2D eigenvalue weighted by atomic mass is 32.2. The van der Waals surface area contributed by atoms with Crippen LogP contribution in [0.15, 0.2) is 89.6 Å². The molecule has 0 aliphatic heterocycles. The van der Waals surface area contributed by atoms with Gasteiger partial charge in [0.1, 0.15) is 5.69 Å². The predicted molar refractivity (Wildman–Crippen MR) is 130 cm³/mol. The van der Waals surface area contributed by atoms with Crippen molar-refractivity contribution in [1.29, 1.82) is 0 Å². The Balaban J connectivity index is 1.67. The molecule has 1 heterocycles. The van der Waals surface area contributed by atoms with Crippen molar-refractivity contribution < 1.29 is 18.2 Å². The molecular weight excluding hydrogens is 452 g/mol. The summed E-state index contributed by atoms with van der Waals surface area (Å²) >= 11 is -2.54. The van der Waals surface area contributed by atoms with Gasteiger partial charge in [-0.2, -0.15) is 0 Å². The number of nitrogens with one attached hydrogen (secondary N) is 1. The zero-order chi connectivity index (χ0) is 23.9. The van der Waals surface area contributed by atoms with E-state index in [1.807, 2.05) is 67.6 Å². The van der Waals surface area contributed by atoms with Gasteiger partial charge in [-0.1, -0.05) is 84.9 Å². The molecule has 9 heteroatoms. The van der Waals surface area contributed by atoms with Crippen LogP contribution in [0.1, 0.15) is 46.6 Å². The average molecular weight is 477 g/mol. The highest BCUT2D eigenvalue weighted by molar-refractivity contribution is 7.81. The van der Waals surface area contributed by atoms with Crippen molar-refractivity contribution in [3.05, 3.63) is 107 Å². The quantitative estimate of drug-likeness (QED) is 0.336. The maximum absolute atomic E-state index is 13.3. The third-order valence-corrected chi connectivity index (χ3v) is 6.06. The van der Waals surface area contributed by atoms with E-state index in [1.165, 1.54) is 0 Å². The number of rotatable bonds is 9. The van der Waals surface area contributed by atoms with Gasteiger partial charge in [0.2, 0.25) is 5.82 Å². The van der Waals surface area contributed by atoms with Crippen molar-refractivity contribution in [1.82, 2.24) is 15.6 Å². The number of hydrogen-bond donors (Lipinski definition) is 2. The highest BCUT2D eigenvalue weighted by Crippen LogP contribution is 2.32. The van der Waals surface area contributed by atoms with E-state index in [-0.39, 0.29) is 29.0 Å². The summed E-state index contributed by atoms with van der Waals surface area (Å²) in [5, 5.41) is 10.9. The first kappa shape index (κ1) is 23.3. The number of carbonyl (C=O) groups excluding carboxylic acids is 1. The number of nitrogens with zero attached hydrogens (tertiary/aromatic N) is 3. The Morgan fingerprint density at radius 3 is 2.32 bits per heavy atom. The minimum atomic E-state index is -2.54. The molecule has 4 rings (SSSR count). The summed E-state index contributed by atoms with van der Waals surface area (Å²) in [6, 6.07) is 25.5. The Morgan fingerprint density at radius 1 is 1.00 bits per heavy atom. The fraction of sp³-hybridized carbons (Fsp3) is 0.160. The molecule has 0 saturated carbocycles. The average Bonchev–Trinajstić information content (AvgIpc) is 3.31. The van der Waals surface area contributed by atoms with Gasteiger partial charge in [0.25, 0.3) is 17.2 Å². The zero-order valence-electron chi connectivity index (χ0n) is 18.5. The van der Waals surface area contributed by atoms with Gasteiger partial charge in [0.15, 0.2) is 0 Å². The van der Waals surface area contributed by atoms with Crippen LogP contribution < -0.4 is 9.62 Å². The second kappa shape index (κ2) is 10.9. The molecule has 0 bridgehead atoms. The first-order valence-electron chi connectivity index (χ1n) is 10.8. The predicted octanol–water partition coefficient (Wildman–Crippen LogP) is 4.82. The molecule has 174 valence electrons. The van der Waals surface area contributed by atoms with E-state index in [0.717, 1.165) is 15.4 Å². The van der Waals surface area contributed by atoms with Crippen LogP contribution in [0.3, 0.4) is 0 Å². The van der Waals surface area contributed by atoms with Crippen molar-refractivity contribution in [2.45, 2.75) is 25.8 Å². The Morgan fingerprint density at radius 2 is 1.65 bits per heavy atom. The topological polar surface area (TPSA) is 109 Å². The largest absolute Gasteiger partial charge is 0.345 e. The second-order valence-corrected chi connectivity index (χ2v) is 8.41. The second-order valence-electron chi connectivity index (χ2n) is 7.58. The maximum Gasteiger partial charge on any atom is 0.268 e. The maximum atomic E-state index is 13.3. The van der Waals surface area contributed by atoms with Crippen LogP contribution in [0.25, 0.3) is 0 Å². The molecule has 2 unspecified atom stereocenters. The van der Waals surface area contributed by atoms with E-state index >= 15 is 0 Å². The SMILES string of the molecule is CCC(NC(=O)c1ccccc1N(c1nonc1Cc1ccccc1)S(=O)O)c1ccccc1. The van der Waals surface area contributed by atoms with Crippen molar-refractivity contribution >= 4 is 28.7 Å². The molecule has 3 aromatic carbocycles.